The molecule has 0 aromatic carbocycles. The summed E-state index contributed by atoms with van der Waals surface area (Å²) in [5.74, 6) is 0.0985. The van der Waals surface area contributed by atoms with Gasteiger partial charge < -0.3 is 15.3 Å². The molecule has 1 atom stereocenters. The Morgan fingerprint density at radius 1 is 1.64 bits per heavy atom. The maximum atomic E-state index is 11.3. The Morgan fingerprint density at radius 2 is 2.36 bits per heavy atom. The molecule has 4 heteroatoms. The number of nitrogens with zero attached hydrogens (tertiary/aromatic N) is 1. The van der Waals surface area contributed by atoms with Crippen LogP contribution >= 0.6 is 0 Å². The fourth-order valence-electron chi connectivity index (χ4n) is 1.67. The average molecular weight is 200 g/mol. The first-order valence-electron chi connectivity index (χ1n) is 5.27. The summed E-state index contributed by atoms with van der Waals surface area (Å²) in [5.41, 5.74) is 0. The second kappa shape index (κ2) is 5.32. The minimum absolute atomic E-state index is 0.0985. The zero-order valence-corrected chi connectivity index (χ0v) is 8.99. The van der Waals surface area contributed by atoms with Crippen LogP contribution in [0.3, 0.4) is 0 Å². The lowest BCUT2D eigenvalue weighted by Gasteiger charge is -2.15. The Morgan fingerprint density at radius 3 is 2.86 bits per heavy atom. The Labute approximate surface area is 85.3 Å². The van der Waals surface area contributed by atoms with Crippen molar-refractivity contribution >= 4 is 5.91 Å². The van der Waals surface area contributed by atoms with E-state index in [0.29, 0.717) is 6.42 Å². The SMILES string of the molecule is CC(C)NC(=O)CCN1CC[C@@H](O)C1. The molecule has 0 saturated carbocycles. The number of nitrogens with one attached hydrogen (secondary N) is 1. The van der Waals surface area contributed by atoms with Gasteiger partial charge in [0.2, 0.25) is 5.91 Å². The molecule has 4 nitrogen and oxygen atoms in total. The normalized spacial score (nSPS) is 23.0. The summed E-state index contributed by atoms with van der Waals surface area (Å²) in [6.45, 7) is 6.30. The highest BCUT2D eigenvalue weighted by Crippen LogP contribution is 2.08. The van der Waals surface area contributed by atoms with Crippen LogP contribution in [0.5, 0.6) is 0 Å². The smallest absolute Gasteiger partial charge is 0.221 e. The lowest BCUT2D eigenvalue weighted by atomic mass is 10.3. The van der Waals surface area contributed by atoms with E-state index in [1.54, 1.807) is 0 Å². The molecule has 0 radical (unpaired) electrons. The van der Waals surface area contributed by atoms with Crippen LogP contribution in [0.25, 0.3) is 0 Å². The predicted octanol–water partition coefficient (Wildman–Crippen LogP) is -0.0323. The van der Waals surface area contributed by atoms with Crippen LogP contribution in [0.2, 0.25) is 0 Å². The Hall–Kier alpha value is -0.610. The number of aliphatic hydroxyl groups excluding tert-OH is 1. The van der Waals surface area contributed by atoms with Gasteiger partial charge in [0.1, 0.15) is 0 Å². The average Bonchev–Trinajstić information content (AvgIpc) is 2.47. The summed E-state index contributed by atoms with van der Waals surface area (Å²) in [7, 11) is 0. The molecule has 0 bridgehead atoms. The van der Waals surface area contributed by atoms with E-state index >= 15 is 0 Å². The summed E-state index contributed by atoms with van der Waals surface area (Å²) in [4.78, 5) is 13.4. The van der Waals surface area contributed by atoms with Gasteiger partial charge in [0.25, 0.3) is 0 Å². The van der Waals surface area contributed by atoms with E-state index in [9.17, 15) is 9.90 Å². The Bertz CT molecular complexity index is 195. The maximum Gasteiger partial charge on any atom is 0.221 e. The van der Waals surface area contributed by atoms with Gasteiger partial charge in [-0.2, -0.15) is 0 Å². The van der Waals surface area contributed by atoms with E-state index in [1.807, 2.05) is 13.8 Å². The molecule has 0 unspecified atom stereocenters. The number of β-amino-alcohol motifs (C(OH)–C–C–N with tert-alkyl or cyclic N) is 1. The number of carbonyl (C=O) groups is 1. The zero-order valence-electron chi connectivity index (χ0n) is 8.99. The molecule has 1 fully saturated rings. The van der Waals surface area contributed by atoms with Crippen molar-refractivity contribution < 1.29 is 9.90 Å². The van der Waals surface area contributed by atoms with Gasteiger partial charge in [-0.1, -0.05) is 0 Å². The molecule has 0 aromatic rings. The van der Waals surface area contributed by atoms with Crippen LogP contribution in [0.1, 0.15) is 26.7 Å². The molecule has 1 rings (SSSR count). The third kappa shape index (κ3) is 4.07. The van der Waals surface area contributed by atoms with Gasteiger partial charge in [0, 0.05) is 32.1 Å². The molecule has 0 aromatic heterocycles. The standard InChI is InChI=1S/C10H20N2O2/c1-8(2)11-10(14)4-6-12-5-3-9(13)7-12/h8-9,13H,3-7H2,1-2H3,(H,11,14)/t9-/m1/s1. The Balaban J connectivity index is 2.11. The number of carbonyl (C=O) groups excluding carboxylic acids is 1. The van der Waals surface area contributed by atoms with Gasteiger partial charge >= 0.3 is 0 Å². The molecule has 0 aliphatic carbocycles. The fourth-order valence-corrected chi connectivity index (χ4v) is 1.67. The minimum atomic E-state index is -0.192. The number of rotatable bonds is 4. The van der Waals surface area contributed by atoms with E-state index in [4.69, 9.17) is 0 Å². The number of hydrogen-bond donors (Lipinski definition) is 2. The van der Waals surface area contributed by atoms with E-state index in [-0.39, 0.29) is 18.1 Å². The molecule has 1 heterocycles. The second-order valence-corrected chi connectivity index (χ2v) is 4.22. The molecular weight excluding hydrogens is 180 g/mol. The monoisotopic (exact) mass is 200 g/mol. The Kier molecular flexibility index (Phi) is 4.35. The van der Waals surface area contributed by atoms with E-state index in [2.05, 4.69) is 10.2 Å². The number of aliphatic hydroxyl groups is 1. The fraction of sp³-hybridized carbons (Fsp3) is 0.900. The van der Waals surface area contributed by atoms with Gasteiger partial charge in [-0.15, -0.1) is 0 Å². The van der Waals surface area contributed by atoms with Crippen molar-refractivity contribution in [1.29, 1.82) is 0 Å². The number of amides is 1. The van der Waals surface area contributed by atoms with E-state index in [1.165, 1.54) is 0 Å². The van der Waals surface area contributed by atoms with Crippen LogP contribution < -0.4 is 5.32 Å². The van der Waals surface area contributed by atoms with Gasteiger partial charge in [-0.25, -0.2) is 0 Å². The quantitative estimate of drug-likeness (QED) is 0.670. The molecule has 1 amide bonds. The minimum Gasteiger partial charge on any atom is -0.392 e. The van der Waals surface area contributed by atoms with Crippen LogP contribution in [0, 0.1) is 0 Å². The van der Waals surface area contributed by atoms with Crippen molar-refractivity contribution in [2.24, 2.45) is 0 Å². The van der Waals surface area contributed by atoms with Crippen molar-refractivity contribution in [2.75, 3.05) is 19.6 Å². The van der Waals surface area contributed by atoms with Crippen molar-refractivity contribution in [3.63, 3.8) is 0 Å². The first kappa shape index (κ1) is 11.5. The highest BCUT2D eigenvalue weighted by atomic mass is 16.3. The van der Waals surface area contributed by atoms with Crippen LogP contribution in [-0.2, 0) is 4.79 Å². The highest BCUT2D eigenvalue weighted by Gasteiger charge is 2.20. The summed E-state index contributed by atoms with van der Waals surface area (Å²) in [5, 5.41) is 12.1. The summed E-state index contributed by atoms with van der Waals surface area (Å²) < 4.78 is 0. The topological polar surface area (TPSA) is 52.6 Å². The molecule has 1 saturated heterocycles. The van der Waals surface area contributed by atoms with E-state index < -0.39 is 0 Å². The number of hydrogen-bond acceptors (Lipinski definition) is 3. The molecular formula is C10H20N2O2. The van der Waals surface area contributed by atoms with Crippen molar-refractivity contribution in [3.8, 4) is 0 Å². The maximum absolute atomic E-state index is 11.3. The van der Waals surface area contributed by atoms with Gasteiger partial charge in [0.05, 0.1) is 6.10 Å². The van der Waals surface area contributed by atoms with Gasteiger partial charge in [-0.05, 0) is 20.3 Å². The molecule has 2 N–H and O–H groups in total. The summed E-state index contributed by atoms with van der Waals surface area (Å²) >= 11 is 0. The number of likely N-dealkylation sites (tertiary alicyclic amines) is 1. The van der Waals surface area contributed by atoms with Crippen LogP contribution in [0.4, 0.5) is 0 Å². The molecule has 0 spiro atoms. The molecule has 1 aliphatic rings. The van der Waals surface area contributed by atoms with Crippen LogP contribution in [-0.4, -0.2) is 47.7 Å². The first-order valence-corrected chi connectivity index (χ1v) is 5.27. The highest BCUT2D eigenvalue weighted by molar-refractivity contribution is 5.76. The van der Waals surface area contributed by atoms with Gasteiger partial charge in [0.15, 0.2) is 0 Å². The predicted molar refractivity (Wildman–Crippen MR) is 55.0 cm³/mol. The van der Waals surface area contributed by atoms with E-state index in [0.717, 1.165) is 26.1 Å². The molecule has 1 aliphatic heterocycles. The molecule has 82 valence electrons. The largest absolute Gasteiger partial charge is 0.392 e. The van der Waals surface area contributed by atoms with Crippen molar-refractivity contribution in [2.45, 2.75) is 38.8 Å². The van der Waals surface area contributed by atoms with Crippen molar-refractivity contribution in [3.05, 3.63) is 0 Å². The lowest BCUT2D eigenvalue weighted by molar-refractivity contribution is -0.121. The third-order valence-electron chi connectivity index (χ3n) is 2.35. The zero-order chi connectivity index (χ0) is 10.6. The lowest BCUT2D eigenvalue weighted by Crippen LogP contribution is -2.33. The second-order valence-electron chi connectivity index (χ2n) is 4.22. The summed E-state index contributed by atoms with van der Waals surface area (Å²) in [6.07, 6.45) is 1.18. The molecule has 14 heavy (non-hydrogen) atoms. The van der Waals surface area contributed by atoms with Gasteiger partial charge in [-0.3, -0.25) is 4.79 Å². The van der Waals surface area contributed by atoms with Crippen molar-refractivity contribution in [1.82, 2.24) is 10.2 Å². The summed E-state index contributed by atoms with van der Waals surface area (Å²) in [6, 6.07) is 0.215. The van der Waals surface area contributed by atoms with Crippen LogP contribution in [0.15, 0.2) is 0 Å². The first-order chi connectivity index (χ1) is 6.58. The third-order valence-corrected chi connectivity index (χ3v) is 2.35.